The third-order valence-corrected chi connectivity index (χ3v) is 7.54. The second-order valence-electron chi connectivity index (χ2n) is 11.7. The van der Waals surface area contributed by atoms with Crippen molar-refractivity contribution in [3.05, 3.63) is 28.8 Å². The van der Waals surface area contributed by atoms with E-state index in [-0.39, 0.29) is 47.3 Å². The number of hydrogen-bond donors (Lipinski definition) is 2. The molecule has 8 heteroatoms. The van der Waals surface area contributed by atoms with Gasteiger partial charge in [-0.1, -0.05) is 6.07 Å². The van der Waals surface area contributed by atoms with E-state index in [9.17, 15) is 9.59 Å². The number of hydrogen-bond acceptors (Lipinski definition) is 6. The molecule has 8 nitrogen and oxygen atoms in total. The number of rotatable bonds is 7. The Hall–Kier alpha value is -2.61. The molecule has 2 aliphatic heterocycles. The van der Waals surface area contributed by atoms with Crippen LogP contribution < -0.4 is 15.8 Å². The van der Waals surface area contributed by atoms with Crippen LogP contribution in [0.1, 0.15) is 76.1 Å². The Balaban J connectivity index is 1.52. The quantitative estimate of drug-likeness (QED) is 0.617. The molecule has 1 unspecified atom stereocenters. The van der Waals surface area contributed by atoms with Crippen molar-refractivity contribution >= 4 is 17.8 Å². The van der Waals surface area contributed by atoms with Crippen molar-refractivity contribution in [2.24, 2.45) is 22.6 Å². The largest absolute Gasteiger partial charge is 0.487 e. The van der Waals surface area contributed by atoms with Gasteiger partial charge >= 0.3 is 0 Å². The van der Waals surface area contributed by atoms with E-state index in [0.29, 0.717) is 32.3 Å². The second-order valence-corrected chi connectivity index (χ2v) is 11.7. The van der Waals surface area contributed by atoms with Crippen LogP contribution >= 0.6 is 0 Å². The predicted molar refractivity (Wildman–Crippen MR) is 135 cm³/mol. The van der Waals surface area contributed by atoms with E-state index in [4.69, 9.17) is 15.2 Å². The maximum absolute atomic E-state index is 13.4. The van der Waals surface area contributed by atoms with E-state index < -0.39 is 5.54 Å². The number of ether oxygens (including phenoxy) is 2. The number of carbonyl (C=O) groups excluding carboxylic acids is 2. The molecule has 1 aliphatic carbocycles. The van der Waals surface area contributed by atoms with Gasteiger partial charge in [0.15, 0.2) is 5.96 Å². The third kappa shape index (κ3) is 5.32. The molecular formula is C27H40N4O4. The van der Waals surface area contributed by atoms with E-state index >= 15 is 0 Å². The highest BCUT2D eigenvalue weighted by Crippen LogP contribution is 2.47. The molecule has 192 valence electrons. The fourth-order valence-corrected chi connectivity index (χ4v) is 5.58. The molecule has 4 atom stereocenters. The minimum absolute atomic E-state index is 0.0181. The maximum atomic E-state index is 13.4. The molecule has 1 aromatic carbocycles. The van der Waals surface area contributed by atoms with Gasteiger partial charge in [-0.25, -0.2) is 4.99 Å². The number of methoxy groups -OCH3 is 1. The number of aliphatic imine (C=N–C) groups is 1. The molecule has 1 aromatic rings. The number of nitrogens with one attached hydrogen (secondary N) is 1. The first-order chi connectivity index (χ1) is 16.3. The summed E-state index contributed by atoms with van der Waals surface area (Å²) in [6.45, 7) is 12.5. The summed E-state index contributed by atoms with van der Waals surface area (Å²) in [6, 6.07) is 3.86. The van der Waals surface area contributed by atoms with E-state index in [1.54, 1.807) is 12.0 Å². The molecule has 3 N–H and O–H groups in total. The number of guanidine groups is 1. The van der Waals surface area contributed by atoms with Crippen molar-refractivity contribution in [1.82, 2.24) is 10.2 Å². The lowest BCUT2D eigenvalue weighted by atomic mass is 9.88. The Kier molecular flexibility index (Phi) is 6.64. The number of nitrogens with zero attached hydrogens (tertiary/aromatic N) is 2. The van der Waals surface area contributed by atoms with Gasteiger partial charge in [-0.05, 0) is 77.5 Å². The van der Waals surface area contributed by atoms with Crippen LogP contribution in [0.25, 0.3) is 0 Å². The van der Waals surface area contributed by atoms with Gasteiger partial charge in [0.25, 0.3) is 0 Å². The van der Waals surface area contributed by atoms with Crippen molar-refractivity contribution in [2.45, 2.75) is 90.4 Å². The number of fused-ring (bicyclic) bond motifs is 1. The maximum Gasteiger partial charge on any atom is 0.231 e. The van der Waals surface area contributed by atoms with Crippen molar-refractivity contribution < 1.29 is 19.1 Å². The number of benzene rings is 1. The average Bonchev–Trinajstić information content (AvgIpc) is 3.51. The molecule has 4 rings (SSSR count). The van der Waals surface area contributed by atoms with Gasteiger partial charge in [-0.3, -0.25) is 14.5 Å². The number of aryl methyl sites for hydroxylation is 2. The van der Waals surface area contributed by atoms with Gasteiger partial charge in [0, 0.05) is 37.7 Å². The minimum atomic E-state index is -0.510. The Morgan fingerprint density at radius 3 is 2.63 bits per heavy atom. The van der Waals surface area contributed by atoms with Crippen LogP contribution in [0.2, 0.25) is 0 Å². The van der Waals surface area contributed by atoms with E-state index in [1.165, 1.54) is 11.1 Å². The highest BCUT2D eigenvalue weighted by Gasteiger charge is 2.52. The smallest absolute Gasteiger partial charge is 0.231 e. The van der Waals surface area contributed by atoms with Crippen LogP contribution in [-0.4, -0.2) is 53.6 Å². The van der Waals surface area contributed by atoms with Crippen LogP contribution in [0, 0.1) is 25.7 Å². The molecule has 3 aliphatic rings. The first-order valence-corrected chi connectivity index (χ1v) is 12.6. The average molecular weight is 485 g/mol. The monoisotopic (exact) mass is 484 g/mol. The van der Waals surface area contributed by atoms with Crippen LogP contribution in [0.4, 0.5) is 0 Å². The van der Waals surface area contributed by atoms with Gasteiger partial charge in [0.1, 0.15) is 11.4 Å². The van der Waals surface area contributed by atoms with Crippen molar-refractivity contribution in [2.75, 3.05) is 13.7 Å². The number of carbonyl (C=O) groups is 2. The normalized spacial score (nSPS) is 27.4. The molecule has 0 aromatic heterocycles. The van der Waals surface area contributed by atoms with Gasteiger partial charge < -0.3 is 20.5 Å². The summed E-state index contributed by atoms with van der Waals surface area (Å²) >= 11 is 0. The zero-order valence-electron chi connectivity index (χ0n) is 22.1. The zero-order valence-corrected chi connectivity index (χ0v) is 22.1. The number of nitrogens with two attached hydrogens (primary N) is 1. The highest BCUT2D eigenvalue weighted by molar-refractivity contribution is 5.99. The second kappa shape index (κ2) is 9.12. The Bertz CT molecular complexity index is 1050. The molecule has 0 spiro atoms. The molecule has 2 heterocycles. The molecular weight excluding hydrogens is 444 g/mol. The van der Waals surface area contributed by atoms with Gasteiger partial charge in [0.05, 0.1) is 18.0 Å². The summed E-state index contributed by atoms with van der Waals surface area (Å²) in [5.41, 5.74) is 8.75. The van der Waals surface area contributed by atoms with Crippen molar-refractivity contribution in [3.63, 3.8) is 0 Å². The summed E-state index contributed by atoms with van der Waals surface area (Å²) in [7, 11) is 1.64. The van der Waals surface area contributed by atoms with Gasteiger partial charge in [-0.2, -0.15) is 0 Å². The summed E-state index contributed by atoms with van der Waals surface area (Å²) in [5, 5.41) is 3.30. The van der Waals surface area contributed by atoms with Gasteiger partial charge in [0.2, 0.25) is 11.8 Å². The van der Waals surface area contributed by atoms with Crippen LogP contribution in [-0.2, 0) is 14.3 Å². The molecule has 0 radical (unpaired) electrons. The van der Waals surface area contributed by atoms with E-state index in [0.717, 1.165) is 11.3 Å². The van der Waals surface area contributed by atoms with E-state index in [2.05, 4.69) is 50.1 Å². The summed E-state index contributed by atoms with van der Waals surface area (Å²) < 4.78 is 11.5. The van der Waals surface area contributed by atoms with Crippen molar-refractivity contribution in [3.8, 4) is 5.75 Å². The van der Waals surface area contributed by atoms with Crippen LogP contribution in [0.15, 0.2) is 17.1 Å². The molecule has 1 saturated carbocycles. The summed E-state index contributed by atoms with van der Waals surface area (Å²) in [4.78, 5) is 32.6. The van der Waals surface area contributed by atoms with E-state index in [1.807, 2.05) is 13.8 Å². The summed E-state index contributed by atoms with van der Waals surface area (Å²) in [6.07, 6.45) is 2.32. The topological polar surface area (TPSA) is 106 Å². The predicted octanol–water partition coefficient (Wildman–Crippen LogP) is 3.39. The molecule has 0 bridgehead atoms. The fourth-order valence-electron chi connectivity index (χ4n) is 5.58. The highest BCUT2D eigenvalue weighted by atomic mass is 16.5. The number of amides is 2. The molecule has 35 heavy (non-hydrogen) atoms. The zero-order chi connectivity index (χ0) is 25.7. The van der Waals surface area contributed by atoms with Gasteiger partial charge in [-0.15, -0.1) is 0 Å². The SMILES string of the molecule is COCC[C@H]([C@@H]1C[C@H]1C(=O)NC1CC(C)(C)Oc2cc(C)c(C)cc21)N1C(=O)CC(C)(C)N=C1N. The summed E-state index contributed by atoms with van der Waals surface area (Å²) in [5.74, 6) is 0.907. The first kappa shape index (κ1) is 25.5. The minimum Gasteiger partial charge on any atom is -0.487 e. The lowest BCUT2D eigenvalue weighted by Gasteiger charge is -2.39. The molecule has 1 fully saturated rings. The lowest BCUT2D eigenvalue weighted by Crippen LogP contribution is -2.55. The lowest BCUT2D eigenvalue weighted by molar-refractivity contribution is -0.132. The molecule has 2 amide bonds. The first-order valence-electron chi connectivity index (χ1n) is 12.6. The standard InChI is InChI=1S/C27H40N4O4/c1-15-10-19-20(13-27(5,6)35-22(19)11-16(15)2)29-24(33)18-12-17(18)21(8-9-34-7)31-23(32)14-26(3,4)30-25(31)28/h10-11,17-18,20-21H,8-9,12-14H2,1-7H3,(H2,28,30)(H,29,33)/t17-,18-,20?,21-/m1/s1. The Morgan fingerprint density at radius 1 is 1.29 bits per heavy atom. The van der Waals surface area contributed by atoms with Crippen LogP contribution in [0.3, 0.4) is 0 Å². The molecule has 0 saturated heterocycles. The Morgan fingerprint density at radius 2 is 1.97 bits per heavy atom. The van der Waals surface area contributed by atoms with Crippen molar-refractivity contribution in [1.29, 1.82) is 0 Å². The van der Waals surface area contributed by atoms with Crippen LogP contribution in [0.5, 0.6) is 5.75 Å². The fraction of sp³-hybridized carbons (Fsp3) is 0.667. The Labute approximate surface area is 208 Å². The third-order valence-electron chi connectivity index (χ3n) is 7.54.